The molecule has 0 aromatic heterocycles. The minimum atomic E-state index is -0.161. The number of rotatable bonds is 5. The van der Waals surface area contributed by atoms with Crippen LogP contribution < -0.4 is 10.6 Å². The van der Waals surface area contributed by atoms with Crippen LogP contribution in [-0.2, 0) is 6.42 Å². The molecule has 0 fully saturated rings. The van der Waals surface area contributed by atoms with Gasteiger partial charge in [-0.15, -0.1) is 0 Å². The fourth-order valence-corrected chi connectivity index (χ4v) is 1.85. The summed E-state index contributed by atoms with van der Waals surface area (Å²) in [7, 11) is 1.93. The van der Waals surface area contributed by atoms with Crippen molar-refractivity contribution in [2.75, 3.05) is 11.9 Å². The normalized spacial score (nSPS) is 14.5. The Morgan fingerprint density at radius 2 is 2.00 bits per heavy atom. The van der Waals surface area contributed by atoms with Gasteiger partial charge in [-0.1, -0.05) is 13.0 Å². The number of hydrogen-bond acceptors (Lipinski definition) is 2. The van der Waals surface area contributed by atoms with Crippen LogP contribution in [0, 0.1) is 5.82 Å². The smallest absolute Gasteiger partial charge is 0.146 e. The summed E-state index contributed by atoms with van der Waals surface area (Å²) < 4.78 is 14.0. The Kier molecular flexibility index (Phi) is 4.94. The molecule has 1 aromatic rings. The summed E-state index contributed by atoms with van der Waals surface area (Å²) >= 11 is 0. The monoisotopic (exact) mass is 238 g/mol. The van der Waals surface area contributed by atoms with E-state index in [0.29, 0.717) is 18.2 Å². The second-order valence-electron chi connectivity index (χ2n) is 4.84. The van der Waals surface area contributed by atoms with E-state index in [9.17, 15) is 4.39 Å². The van der Waals surface area contributed by atoms with Crippen molar-refractivity contribution < 1.29 is 4.39 Å². The van der Waals surface area contributed by atoms with E-state index in [2.05, 4.69) is 13.8 Å². The van der Waals surface area contributed by atoms with Crippen LogP contribution in [0.5, 0.6) is 0 Å². The van der Waals surface area contributed by atoms with Gasteiger partial charge in [-0.3, -0.25) is 0 Å². The summed E-state index contributed by atoms with van der Waals surface area (Å²) in [5, 5.41) is 0. The molecule has 96 valence electrons. The molecule has 0 aliphatic heterocycles. The molecule has 2 N–H and O–H groups in total. The number of halogens is 1. The Labute approximate surface area is 104 Å². The molecular formula is C14H23FN2. The van der Waals surface area contributed by atoms with Gasteiger partial charge >= 0.3 is 0 Å². The molecule has 17 heavy (non-hydrogen) atoms. The van der Waals surface area contributed by atoms with Crippen molar-refractivity contribution in [2.24, 2.45) is 5.73 Å². The van der Waals surface area contributed by atoms with E-state index in [1.165, 1.54) is 0 Å². The van der Waals surface area contributed by atoms with Gasteiger partial charge < -0.3 is 10.6 Å². The first-order chi connectivity index (χ1) is 7.95. The van der Waals surface area contributed by atoms with Crippen LogP contribution in [0.1, 0.15) is 32.8 Å². The molecule has 0 saturated heterocycles. The van der Waals surface area contributed by atoms with Crippen LogP contribution in [-0.4, -0.2) is 19.1 Å². The van der Waals surface area contributed by atoms with Crippen LogP contribution in [0.2, 0.25) is 0 Å². The summed E-state index contributed by atoms with van der Waals surface area (Å²) in [6.07, 6.45) is 1.71. The van der Waals surface area contributed by atoms with Gasteiger partial charge in [0.25, 0.3) is 0 Å². The summed E-state index contributed by atoms with van der Waals surface area (Å²) in [6.45, 7) is 6.12. The van der Waals surface area contributed by atoms with Gasteiger partial charge in [0.2, 0.25) is 0 Å². The molecule has 2 atom stereocenters. The number of nitrogens with zero attached hydrogens (tertiary/aromatic N) is 1. The Hall–Kier alpha value is -1.09. The summed E-state index contributed by atoms with van der Waals surface area (Å²) in [5.41, 5.74) is 7.33. The Bertz CT molecular complexity index is 363. The predicted octanol–water partition coefficient (Wildman–Crippen LogP) is 2.95. The minimum absolute atomic E-state index is 0.0625. The minimum Gasteiger partial charge on any atom is -0.370 e. The quantitative estimate of drug-likeness (QED) is 0.854. The zero-order valence-corrected chi connectivity index (χ0v) is 11.2. The highest BCUT2D eigenvalue weighted by Gasteiger charge is 2.13. The SMILES string of the molecule is CCC(C)N(C)c1ccc(CC(C)N)cc1F. The number of nitrogens with two attached hydrogens (primary N) is 1. The average Bonchev–Trinajstić information content (AvgIpc) is 2.26. The van der Waals surface area contributed by atoms with Crippen LogP contribution in [0.3, 0.4) is 0 Å². The molecule has 0 spiro atoms. The Morgan fingerprint density at radius 3 is 2.47 bits per heavy atom. The van der Waals surface area contributed by atoms with E-state index in [0.717, 1.165) is 12.0 Å². The van der Waals surface area contributed by atoms with Gasteiger partial charge in [-0.2, -0.15) is 0 Å². The highest BCUT2D eigenvalue weighted by molar-refractivity contribution is 5.49. The third kappa shape index (κ3) is 3.70. The molecule has 0 aliphatic carbocycles. The number of benzene rings is 1. The fourth-order valence-electron chi connectivity index (χ4n) is 1.85. The molecule has 1 aromatic carbocycles. The first-order valence-electron chi connectivity index (χ1n) is 6.22. The first-order valence-corrected chi connectivity index (χ1v) is 6.22. The zero-order chi connectivity index (χ0) is 13.0. The lowest BCUT2D eigenvalue weighted by Crippen LogP contribution is -2.28. The predicted molar refractivity (Wildman–Crippen MR) is 71.9 cm³/mol. The van der Waals surface area contributed by atoms with Crippen molar-refractivity contribution in [3.05, 3.63) is 29.6 Å². The Balaban J connectivity index is 2.89. The van der Waals surface area contributed by atoms with E-state index in [1.807, 2.05) is 31.0 Å². The second-order valence-corrected chi connectivity index (χ2v) is 4.84. The van der Waals surface area contributed by atoms with Crippen molar-refractivity contribution in [3.63, 3.8) is 0 Å². The molecule has 2 nitrogen and oxygen atoms in total. The summed E-state index contributed by atoms with van der Waals surface area (Å²) in [5.74, 6) is -0.161. The largest absolute Gasteiger partial charge is 0.370 e. The van der Waals surface area contributed by atoms with Crippen LogP contribution >= 0.6 is 0 Å². The number of anilines is 1. The highest BCUT2D eigenvalue weighted by atomic mass is 19.1. The zero-order valence-electron chi connectivity index (χ0n) is 11.2. The van der Waals surface area contributed by atoms with Crippen LogP contribution in [0.15, 0.2) is 18.2 Å². The maximum Gasteiger partial charge on any atom is 0.146 e. The van der Waals surface area contributed by atoms with Gasteiger partial charge in [0.15, 0.2) is 0 Å². The van der Waals surface area contributed by atoms with Crippen molar-refractivity contribution >= 4 is 5.69 Å². The van der Waals surface area contributed by atoms with Gasteiger partial charge in [-0.25, -0.2) is 4.39 Å². The molecule has 3 heteroatoms. The molecule has 0 aliphatic rings. The maximum atomic E-state index is 14.0. The molecule has 2 unspecified atom stereocenters. The standard InChI is InChI=1S/C14H23FN2/c1-5-11(3)17(4)14-7-6-12(8-10(2)16)9-13(14)15/h6-7,9-11H,5,8,16H2,1-4H3. The maximum absolute atomic E-state index is 14.0. The van der Waals surface area contributed by atoms with Gasteiger partial charge in [-0.05, 0) is 44.4 Å². The lowest BCUT2D eigenvalue weighted by molar-refractivity contribution is 0.596. The van der Waals surface area contributed by atoms with E-state index >= 15 is 0 Å². The summed E-state index contributed by atoms with van der Waals surface area (Å²) in [6, 6.07) is 5.80. The van der Waals surface area contributed by atoms with E-state index in [4.69, 9.17) is 5.73 Å². The van der Waals surface area contributed by atoms with E-state index < -0.39 is 0 Å². The molecule has 0 amide bonds. The summed E-state index contributed by atoms with van der Waals surface area (Å²) in [4.78, 5) is 1.98. The molecule has 0 heterocycles. The van der Waals surface area contributed by atoms with Crippen molar-refractivity contribution in [1.82, 2.24) is 0 Å². The van der Waals surface area contributed by atoms with Crippen LogP contribution in [0.4, 0.5) is 10.1 Å². The lowest BCUT2D eigenvalue weighted by Gasteiger charge is -2.26. The topological polar surface area (TPSA) is 29.3 Å². The average molecular weight is 238 g/mol. The molecule has 1 rings (SSSR count). The van der Waals surface area contributed by atoms with Crippen molar-refractivity contribution in [1.29, 1.82) is 0 Å². The lowest BCUT2D eigenvalue weighted by atomic mass is 10.1. The van der Waals surface area contributed by atoms with Crippen molar-refractivity contribution in [3.8, 4) is 0 Å². The molecule has 0 radical (unpaired) electrons. The highest BCUT2D eigenvalue weighted by Crippen LogP contribution is 2.22. The molecule has 0 bridgehead atoms. The molecular weight excluding hydrogens is 215 g/mol. The fraction of sp³-hybridized carbons (Fsp3) is 0.571. The third-order valence-electron chi connectivity index (χ3n) is 3.20. The molecule has 0 saturated carbocycles. The van der Waals surface area contributed by atoms with Crippen molar-refractivity contribution in [2.45, 2.75) is 45.7 Å². The Morgan fingerprint density at radius 1 is 1.35 bits per heavy atom. The first kappa shape index (κ1) is 14.0. The second kappa shape index (κ2) is 6.01. The van der Waals surface area contributed by atoms with Gasteiger partial charge in [0.05, 0.1) is 5.69 Å². The van der Waals surface area contributed by atoms with Gasteiger partial charge in [0, 0.05) is 19.1 Å². The van der Waals surface area contributed by atoms with Gasteiger partial charge in [0.1, 0.15) is 5.82 Å². The van der Waals surface area contributed by atoms with Crippen LogP contribution in [0.25, 0.3) is 0 Å². The third-order valence-corrected chi connectivity index (χ3v) is 3.20. The number of hydrogen-bond donors (Lipinski definition) is 1. The van der Waals surface area contributed by atoms with E-state index in [1.54, 1.807) is 6.07 Å². The van der Waals surface area contributed by atoms with E-state index in [-0.39, 0.29) is 11.9 Å².